The second kappa shape index (κ2) is 11.2. The van der Waals surface area contributed by atoms with Gasteiger partial charge in [0.15, 0.2) is 17.3 Å². The van der Waals surface area contributed by atoms with E-state index in [1.807, 2.05) is 47.4 Å². The van der Waals surface area contributed by atoms with Crippen LogP contribution in [0.15, 0.2) is 77.7 Å². The van der Waals surface area contributed by atoms with Crippen molar-refractivity contribution in [1.82, 2.24) is 14.8 Å². The lowest BCUT2D eigenvalue weighted by molar-refractivity contribution is 0.0949. The van der Waals surface area contributed by atoms with Gasteiger partial charge in [0, 0.05) is 37.8 Å². The Bertz CT molecular complexity index is 2090. The summed E-state index contributed by atoms with van der Waals surface area (Å²) in [6.07, 6.45) is 5.22. The smallest absolute Gasteiger partial charge is 0.256 e. The Kier molecular flexibility index (Phi) is 7.01. The van der Waals surface area contributed by atoms with Crippen molar-refractivity contribution in [2.45, 2.75) is 37.6 Å². The number of amides is 1. The van der Waals surface area contributed by atoms with Gasteiger partial charge in [-0.25, -0.2) is 8.78 Å². The van der Waals surface area contributed by atoms with E-state index >= 15 is 4.39 Å². The lowest BCUT2D eigenvalue weighted by atomic mass is 9.98. The maximum absolute atomic E-state index is 16.3. The summed E-state index contributed by atoms with van der Waals surface area (Å²) < 4.78 is 39.3. The molecule has 0 bridgehead atoms. The highest BCUT2D eigenvalue weighted by Crippen LogP contribution is 2.49. The molecule has 8 rings (SSSR count). The number of anilines is 1. The summed E-state index contributed by atoms with van der Waals surface area (Å²) in [5, 5.41) is 4.91. The third-order valence-corrected chi connectivity index (χ3v) is 10.00. The van der Waals surface area contributed by atoms with E-state index in [9.17, 15) is 14.0 Å². The minimum atomic E-state index is -0.619. The zero-order chi connectivity index (χ0) is 31.5. The molecule has 9 heteroatoms. The van der Waals surface area contributed by atoms with E-state index in [1.165, 1.54) is 12.1 Å². The Balaban J connectivity index is 1.24. The number of nitrogens with one attached hydrogen (secondary N) is 1. The number of hydrogen-bond acceptors (Lipinski definition) is 5. The summed E-state index contributed by atoms with van der Waals surface area (Å²) in [6.45, 7) is 2.36. The molecule has 2 saturated heterocycles. The number of aromatic nitrogens is 1. The average molecular weight is 621 g/mol. The number of rotatable bonds is 6. The molecule has 0 saturated carbocycles. The number of hydrogen-bond donors (Lipinski definition) is 1. The fourth-order valence-corrected chi connectivity index (χ4v) is 7.56. The summed E-state index contributed by atoms with van der Waals surface area (Å²) >= 11 is 0. The number of fused-ring (bicyclic) bond motifs is 3. The first-order chi connectivity index (χ1) is 22.4. The molecule has 2 atom stereocenters. The molecule has 0 radical (unpaired) electrons. The summed E-state index contributed by atoms with van der Waals surface area (Å²) in [5.41, 5.74) is 1.30. The van der Waals surface area contributed by atoms with Crippen molar-refractivity contribution in [3.8, 4) is 17.2 Å². The first-order valence-electron chi connectivity index (χ1n) is 16.0. The Hall–Kier alpha value is -4.76. The van der Waals surface area contributed by atoms with Crippen LogP contribution in [0.4, 0.5) is 14.5 Å². The molecule has 3 aliphatic rings. The topological polar surface area (TPSA) is 66.8 Å². The van der Waals surface area contributed by atoms with Crippen molar-refractivity contribution in [3.63, 3.8) is 0 Å². The molecule has 234 valence electrons. The van der Waals surface area contributed by atoms with Gasteiger partial charge in [-0.15, -0.1) is 0 Å². The van der Waals surface area contributed by atoms with E-state index in [4.69, 9.17) is 4.74 Å². The Labute approximate surface area is 265 Å². The molecule has 4 aromatic carbocycles. The third-order valence-electron chi connectivity index (χ3n) is 10.00. The van der Waals surface area contributed by atoms with E-state index in [2.05, 4.69) is 17.3 Å². The molecule has 3 aliphatic heterocycles. The van der Waals surface area contributed by atoms with Crippen LogP contribution in [0.1, 0.15) is 47.5 Å². The molecule has 1 aromatic heterocycles. The number of likely N-dealkylation sites (tertiary alicyclic amines) is 1. The van der Waals surface area contributed by atoms with Gasteiger partial charge in [-0.1, -0.05) is 42.5 Å². The van der Waals surface area contributed by atoms with Crippen LogP contribution in [-0.4, -0.2) is 54.6 Å². The van der Waals surface area contributed by atoms with E-state index in [1.54, 1.807) is 22.9 Å². The molecule has 2 unspecified atom stereocenters. The molecule has 46 heavy (non-hydrogen) atoms. The quantitative estimate of drug-likeness (QED) is 0.224. The zero-order valence-corrected chi connectivity index (χ0v) is 25.6. The molecule has 7 nitrogen and oxygen atoms in total. The van der Waals surface area contributed by atoms with E-state index in [0.717, 1.165) is 36.6 Å². The molecule has 2 fully saturated rings. The van der Waals surface area contributed by atoms with Crippen LogP contribution in [-0.2, 0) is 0 Å². The van der Waals surface area contributed by atoms with Gasteiger partial charge < -0.3 is 24.4 Å². The normalized spacial score (nSPS) is 19.1. The van der Waals surface area contributed by atoms with Crippen molar-refractivity contribution in [2.24, 2.45) is 0 Å². The van der Waals surface area contributed by atoms with Crippen molar-refractivity contribution in [1.29, 1.82) is 0 Å². The molecule has 5 aromatic rings. The predicted molar refractivity (Wildman–Crippen MR) is 176 cm³/mol. The first-order valence-corrected chi connectivity index (χ1v) is 16.0. The lowest BCUT2D eigenvalue weighted by Crippen LogP contribution is -2.34. The largest absolute Gasteiger partial charge is 0.451 e. The predicted octanol–water partition coefficient (Wildman–Crippen LogP) is 6.74. The van der Waals surface area contributed by atoms with Crippen molar-refractivity contribution in [2.75, 3.05) is 38.1 Å². The molecule has 4 heterocycles. The standard InChI is InChI=1S/C37H34F2N4O3/c1-41-15-6-9-25(41)12-14-40-37(45)28-21-43-31-17-22-7-2-3-8-23(22)18-32(31)46-36-33(43)27(35(28)44)19-30(39)34(36)42-16-13-24(20-42)26-10-4-5-11-29(26)38/h2-5,7-8,10-11,17-19,21,24-25H,6,9,12-16,20H2,1H3,(H,40,45). The fourth-order valence-electron chi connectivity index (χ4n) is 7.56. The Morgan fingerprint density at radius 3 is 2.54 bits per heavy atom. The van der Waals surface area contributed by atoms with Gasteiger partial charge in [-0.2, -0.15) is 0 Å². The number of halogens is 2. The summed E-state index contributed by atoms with van der Waals surface area (Å²) in [7, 11) is 2.09. The average Bonchev–Trinajstić information content (AvgIpc) is 3.70. The van der Waals surface area contributed by atoms with Gasteiger partial charge in [0.05, 0.1) is 11.1 Å². The van der Waals surface area contributed by atoms with Crippen LogP contribution in [0.2, 0.25) is 0 Å². The summed E-state index contributed by atoms with van der Waals surface area (Å²) in [6, 6.07) is 20.0. The molecule has 0 spiro atoms. The van der Waals surface area contributed by atoms with Gasteiger partial charge in [-0.05, 0) is 79.9 Å². The number of pyridine rings is 1. The molecular weight excluding hydrogens is 586 g/mol. The third kappa shape index (κ3) is 4.72. The van der Waals surface area contributed by atoms with Crippen molar-refractivity contribution < 1.29 is 18.3 Å². The number of carbonyl (C=O) groups is 1. The van der Waals surface area contributed by atoms with Gasteiger partial charge in [0.2, 0.25) is 5.43 Å². The van der Waals surface area contributed by atoms with Crippen LogP contribution in [0, 0.1) is 11.6 Å². The monoisotopic (exact) mass is 620 g/mol. The molecular formula is C37H34F2N4O3. The van der Waals surface area contributed by atoms with Gasteiger partial charge in [-0.3, -0.25) is 9.59 Å². The minimum absolute atomic E-state index is 0.0489. The molecule has 1 amide bonds. The van der Waals surface area contributed by atoms with E-state index in [0.29, 0.717) is 54.6 Å². The SMILES string of the molecule is CN1CCCC1CCNC(=O)c1cn2c3c(c(N4CCC(c5ccccc5F)C4)c(F)cc3c1=O)Oc1cc3ccccc3cc1-2. The highest BCUT2D eigenvalue weighted by molar-refractivity contribution is 6.02. The second-order valence-electron chi connectivity index (χ2n) is 12.7. The van der Waals surface area contributed by atoms with Crippen molar-refractivity contribution >= 4 is 33.3 Å². The van der Waals surface area contributed by atoms with Crippen LogP contribution >= 0.6 is 0 Å². The lowest BCUT2D eigenvalue weighted by Gasteiger charge is -2.29. The van der Waals surface area contributed by atoms with Crippen LogP contribution in [0.3, 0.4) is 0 Å². The van der Waals surface area contributed by atoms with E-state index < -0.39 is 17.2 Å². The van der Waals surface area contributed by atoms with Gasteiger partial charge in [0.25, 0.3) is 5.91 Å². The Morgan fingerprint density at radius 2 is 1.76 bits per heavy atom. The Morgan fingerprint density at radius 1 is 0.978 bits per heavy atom. The van der Waals surface area contributed by atoms with Crippen LogP contribution in [0.5, 0.6) is 11.5 Å². The minimum Gasteiger partial charge on any atom is -0.451 e. The maximum atomic E-state index is 16.3. The highest BCUT2D eigenvalue weighted by Gasteiger charge is 2.34. The number of carbonyl (C=O) groups excluding carboxylic acids is 1. The first kappa shape index (κ1) is 28.7. The number of ether oxygens (including phenoxy) is 1. The van der Waals surface area contributed by atoms with Gasteiger partial charge >= 0.3 is 0 Å². The van der Waals surface area contributed by atoms with Crippen LogP contribution in [0.25, 0.3) is 27.4 Å². The fraction of sp³-hybridized carbons (Fsp3) is 0.297. The second-order valence-corrected chi connectivity index (χ2v) is 12.7. The van der Waals surface area contributed by atoms with Gasteiger partial charge in [0.1, 0.15) is 22.6 Å². The molecule has 1 N–H and O–H groups in total. The molecule has 0 aliphatic carbocycles. The number of benzene rings is 4. The van der Waals surface area contributed by atoms with Crippen LogP contribution < -0.4 is 20.4 Å². The highest BCUT2D eigenvalue weighted by atomic mass is 19.1. The van der Waals surface area contributed by atoms with Crippen molar-refractivity contribution in [3.05, 3.63) is 106 Å². The zero-order valence-electron chi connectivity index (χ0n) is 25.6. The maximum Gasteiger partial charge on any atom is 0.256 e. The summed E-state index contributed by atoms with van der Waals surface area (Å²) in [4.78, 5) is 31.6. The van der Waals surface area contributed by atoms with E-state index in [-0.39, 0.29) is 34.1 Å². The summed E-state index contributed by atoms with van der Waals surface area (Å²) in [5.74, 6) is -0.791. The number of nitrogens with zero attached hydrogens (tertiary/aromatic N) is 3.